The van der Waals surface area contributed by atoms with Crippen molar-refractivity contribution in [3.63, 3.8) is 0 Å². The fourth-order valence-electron chi connectivity index (χ4n) is 5.80. The summed E-state index contributed by atoms with van der Waals surface area (Å²) in [6, 6.07) is 7.57. The molecular formula is C29H31N7O4S. The molecule has 0 bridgehead atoms. The number of carbonyl (C=O) groups is 1. The number of aromatic amines is 1. The van der Waals surface area contributed by atoms with Crippen LogP contribution < -0.4 is 15.6 Å². The van der Waals surface area contributed by atoms with Crippen LogP contribution in [0.15, 0.2) is 45.1 Å². The molecule has 11 nitrogen and oxygen atoms in total. The third-order valence-corrected chi connectivity index (χ3v) is 8.84. The number of nitrogens with one attached hydrogen (secondary N) is 2. The first-order valence-electron chi connectivity index (χ1n) is 13.9. The number of anilines is 3. The van der Waals surface area contributed by atoms with Gasteiger partial charge in [0.15, 0.2) is 11.5 Å². The molecule has 2 N–H and O–H groups in total. The molecule has 0 aromatic carbocycles. The Morgan fingerprint density at radius 3 is 2.76 bits per heavy atom. The third-order valence-electron chi connectivity index (χ3n) is 7.87. The van der Waals surface area contributed by atoms with Crippen LogP contribution in [0.4, 0.5) is 17.7 Å². The van der Waals surface area contributed by atoms with Gasteiger partial charge in [-0.1, -0.05) is 12.8 Å². The van der Waals surface area contributed by atoms with Crippen LogP contribution in [-0.4, -0.2) is 70.7 Å². The maximum atomic E-state index is 13.0. The van der Waals surface area contributed by atoms with E-state index >= 15 is 0 Å². The molecule has 12 heteroatoms. The largest absolute Gasteiger partial charge is 0.439 e. The smallest absolute Gasteiger partial charge is 0.270 e. The first-order chi connectivity index (χ1) is 20.0. The van der Waals surface area contributed by atoms with Crippen LogP contribution in [-0.2, 0) is 4.74 Å². The lowest BCUT2D eigenvalue weighted by molar-refractivity contribution is 0.0815. The Morgan fingerprint density at radius 1 is 1.17 bits per heavy atom. The van der Waals surface area contributed by atoms with E-state index in [4.69, 9.17) is 14.1 Å². The zero-order chi connectivity index (χ0) is 28.1. The zero-order valence-corrected chi connectivity index (χ0v) is 23.8. The maximum Gasteiger partial charge on any atom is 0.270 e. The van der Waals surface area contributed by atoms with Gasteiger partial charge in [0.25, 0.3) is 5.91 Å². The number of thiophene rings is 1. The molecule has 1 amide bonds. The van der Waals surface area contributed by atoms with Gasteiger partial charge in [0.1, 0.15) is 21.9 Å². The van der Waals surface area contributed by atoms with Gasteiger partial charge in [-0.2, -0.15) is 4.98 Å². The number of rotatable bonds is 6. The van der Waals surface area contributed by atoms with Crippen LogP contribution in [0.2, 0.25) is 0 Å². The Hall–Kier alpha value is -4.16. The van der Waals surface area contributed by atoms with Crippen LogP contribution in [0.5, 0.6) is 0 Å². The predicted molar refractivity (Wildman–Crippen MR) is 160 cm³/mol. The predicted octanol–water partition coefficient (Wildman–Crippen LogP) is 4.99. The van der Waals surface area contributed by atoms with Gasteiger partial charge in [0.2, 0.25) is 11.4 Å². The van der Waals surface area contributed by atoms with Crippen molar-refractivity contribution in [3.05, 3.63) is 51.8 Å². The molecule has 0 unspecified atom stereocenters. The minimum absolute atomic E-state index is 0.0372. The molecule has 1 saturated carbocycles. The number of nitrogens with zero attached hydrogens (tertiary/aromatic N) is 5. The topological polar surface area (TPSA) is 122 Å². The SMILES string of the molecule is CN(C)C(=O)c1cc2cnc(Nc3ccc(-c4csc5c(=O)cc(N6CCOCC6)oc45)[nH]3)nc2n1C1CCCC1. The van der Waals surface area contributed by atoms with Crippen LogP contribution in [0, 0.1) is 0 Å². The second-order valence-electron chi connectivity index (χ2n) is 10.8. The Kier molecular flexibility index (Phi) is 6.51. The van der Waals surface area contributed by atoms with Gasteiger partial charge in [-0.3, -0.25) is 9.59 Å². The highest BCUT2D eigenvalue weighted by Gasteiger charge is 2.26. The summed E-state index contributed by atoms with van der Waals surface area (Å²) in [7, 11) is 3.54. The molecule has 0 atom stereocenters. The van der Waals surface area contributed by atoms with Crippen LogP contribution in [0.3, 0.4) is 0 Å². The molecule has 1 aliphatic carbocycles. The number of ether oxygens (including phenoxy) is 1. The number of carbonyl (C=O) groups excluding carboxylic acids is 1. The minimum atomic E-state index is -0.0482. The summed E-state index contributed by atoms with van der Waals surface area (Å²) in [6.07, 6.45) is 6.12. The molecule has 41 heavy (non-hydrogen) atoms. The van der Waals surface area contributed by atoms with Gasteiger partial charge in [-0.15, -0.1) is 11.3 Å². The van der Waals surface area contributed by atoms with Crippen LogP contribution >= 0.6 is 11.3 Å². The summed E-state index contributed by atoms with van der Waals surface area (Å²) < 4.78 is 14.4. The summed E-state index contributed by atoms with van der Waals surface area (Å²) in [5, 5.41) is 6.06. The monoisotopic (exact) mass is 573 g/mol. The van der Waals surface area contributed by atoms with E-state index in [1.165, 1.54) is 11.3 Å². The standard InChI is InChI=1S/C29H31N7O4S/c1-34(2)28(38)21-13-17-15-30-29(33-27(17)36(21)18-5-3-4-6-18)32-23-8-7-20(31-23)19-16-41-26-22(37)14-24(40-25(19)26)35-9-11-39-12-10-35/h7-8,13-16,18,31H,3-6,9-12H2,1-2H3,(H,30,32,33). The highest BCUT2D eigenvalue weighted by Crippen LogP contribution is 2.36. The number of amides is 1. The van der Waals surface area contributed by atoms with Gasteiger partial charge in [0.05, 0.1) is 24.5 Å². The van der Waals surface area contributed by atoms with Crippen molar-refractivity contribution in [1.29, 1.82) is 0 Å². The van der Waals surface area contributed by atoms with Gasteiger partial charge in [-0.05, 0) is 31.0 Å². The molecule has 0 spiro atoms. The number of hydrogen-bond donors (Lipinski definition) is 2. The van der Waals surface area contributed by atoms with Gasteiger partial charge >= 0.3 is 0 Å². The van der Waals surface area contributed by atoms with E-state index in [1.54, 1.807) is 31.3 Å². The number of morpholine rings is 1. The fraction of sp³-hybridized carbons (Fsp3) is 0.379. The quantitative estimate of drug-likeness (QED) is 0.291. The molecule has 1 saturated heterocycles. The lowest BCUT2D eigenvalue weighted by atomic mass is 10.2. The van der Waals surface area contributed by atoms with Gasteiger partial charge < -0.3 is 33.8 Å². The van der Waals surface area contributed by atoms with Crippen molar-refractivity contribution in [2.75, 3.05) is 50.6 Å². The maximum absolute atomic E-state index is 13.0. The van der Waals surface area contributed by atoms with E-state index in [0.717, 1.165) is 48.0 Å². The Balaban J connectivity index is 1.20. The minimum Gasteiger partial charge on any atom is -0.439 e. The van der Waals surface area contributed by atoms with E-state index in [0.29, 0.717) is 59.9 Å². The van der Waals surface area contributed by atoms with E-state index in [1.807, 2.05) is 28.5 Å². The van der Waals surface area contributed by atoms with E-state index < -0.39 is 0 Å². The van der Waals surface area contributed by atoms with E-state index in [2.05, 4.69) is 19.9 Å². The van der Waals surface area contributed by atoms with Crippen molar-refractivity contribution in [3.8, 4) is 11.3 Å². The van der Waals surface area contributed by atoms with Gasteiger partial charge in [-0.25, -0.2) is 4.98 Å². The number of hydrogen-bond acceptors (Lipinski definition) is 9. The van der Waals surface area contributed by atoms with Crippen LogP contribution in [0.25, 0.3) is 32.6 Å². The average Bonchev–Trinajstić information content (AvgIpc) is 3.78. The number of fused-ring (bicyclic) bond motifs is 2. The van der Waals surface area contributed by atoms with Crippen molar-refractivity contribution < 1.29 is 13.9 Å². The molecule has 0 radical (unpaired) electrons. The summed E-state index contributed by atoms with van der Waals surface area (Å²) in [5.74, 6) is 1.66. The zero-order valence-electron chi connectivity index (χ0n) is 23.0. The van der Waals surface area contributed by atoms with E-state index in [-0.39, 0.29) is 17.4 Å². The van der Waals surface area contributed by atoms with Gasteiger partial charge in [0, 0.05) is 56.3 Å². The molecule has 5 aromatic rings. The lowest BCUT2D eigenvalue weighted by Gasteiger charge is -2.27. The number of aromatic nitrogens is 4. The van der Waals surface area contributed by atoms with E-state index in [9.17, 15) is 9.59 Å². The van der Waals surface area contributed by atoms with Crippen molar-refractivity contribution in [2.24, 2.45) is 0 Å². The number of H-pyrrole nitrogens is 1. The normalized spacial score (nSPS) is 16.2. The Bertz CT molecular complexity index is 1800. The molecule has 7 rings (SSSR count). The molecule has 212 valence electrons. The van der Waals surface area contributed by atoms with Crippen LogP contribution in [0.1, 0.15) is 42.2 Å². The molecule has 5 aromatic heterocycles. The van der Waals surface area contributed by atoms with Crippen molar-refractivity contribution in [1.82, 2.24) is 24.4 Å². The molecular weight excluding hydrogens is 542 g/mol. The summed E-state index contributed by atoms with van der Waals surface area (Å²) in [5.41, 5.74) is 3.56. The highest BCUT2D eigenvalue weighted by molar-refractivity contribution is 7.17. The molecule has 1 aliphatic heterocycles. The van der Waals surface area contributed by atoms with Crippen molar-refractivity contribution >= 4 is 56.2 Å². The first kappa shape index (κ1) is 25.8. The Labute approximate surface area is 239 Å². The Morgan fingerprint density at radius 2 is 1.98 bits per heavy atom. The second kappa shape index (κ2) is 10.3. The summed E-state index contributed by atoms with van der Waals surface area (Å²) in [4.78, 5) is 42.3. The molecule has 2 aliphatic rings. The first-order valence-corrected chi connectivity index (χ1v) is 14.8. The lowest BCUT2D eigenvalue weighted by Crippen LogP contribution is -2.36. The summed E-state index contributed by atoms with van der Waals surface area (Å²) in [6.45, 7) is 2.58. The fourth-order valence-corrected chi connectivity index (χ4v) is 6.70. The second-order valence-corrected chi connectivity index (χ2v) is 11.7. The molecule has 6 heterocycles. The van der Waals surface area contributed by atoms with Crippen molar-refractivity contribution in [2.45, 2.75) is 31.7 Å². The average molecular weight is 574 g/mol. The summed E-state index contributed by atoms with van der Waals surface area (Å²) >= 11 is 1.38. The molecule has 2 fully saturated rings. The third kappa shape index (κ3) is 4.66. The highest BCUT2D eigenvalue weighted by atomic mass is 32.1.